The summed E-state index contributed by atoms with van der Waals surface area (Å²) in [5, 5.41) is 4.45. The number of unbranched alkanes of at least 4 members (excludes halogenated alkanes) is 14. The topological polar surface area (TPSA) is 0 Å². The Balaban J connectivity index is 0.907. The molecule has 0 N–H and O–H groups in total. The lowest BCUT2D eigenvalue weighted by Gasteiger charge is -2.03. The maximum Gasteiger partial charge on any atom is 0.0481 e. The van der Waals surface area contributed by atoms with Gasteiger partial charge in [0, 0.05) is 68.3 Å². The van der Waals surface area contributed by atoms with Crippen molar-refractivity contribution in [1.29, 1.82) is 0 Å². The van der Waals surface area contributed by atoms with E-state index in [-0.39, 0.29) is 0 Å². The molecule has 0 bridgehead atoms. The molecule has 0 aliphatic rings. The van der Waals surface area contributed by atoms with Crippen molar-refractivity contribution >= 4 is 90.7 Å². The second-order valence-electron chi connectivity index (χ2n) is 16.0. The van der Waals surface area contributed by atoms with E-state index < -0.39 is 0 Å². The van der Waals surface area contributed by atoms with Gasteiger partial charge in [-0.3, -0.25) is 0 Å². The van der Waals surface area contributed by atoms with Gasteiger partial charge in [-0.05, 0) is 120 Å². The zero-order valence-electron chi connectivity index (χ0n) is 35.2. The molecule has 0 fully saturated rings. The third-order valence-corrected chi connectivity index (χ3v) is 21.1. The van der Waals surface area contributed by atoms with Gasteiger partial charge in [0.1, 0.15) is 0 Å². The molecule has 0 amide bonds. The van der Waals surface area contributed by atoms with Gasteiger partial charge in [-0.15, -0.1) is 90.7 Å². The standard InChI is InChI=1S/C52H58S8/c1-3-5-7-9-11-13-15-17-21-37-35-49(59-51(37)47-23-19-33-53-47)45-31-29-43(57-45)41-27-25-39(55-41)40-26-28-42(56-40)44-30-32-46(58-44)50-36-38(52(60-50)48-24-20-34-54-48)22-18-16-14-12-10-8-6-4-2/h19-20,23-36H,3-18,21-22H2,1-2H3. The van der Waals surface area contributed by atoms with Gasteiger partial charge in [-0.25, -0.2) is 0 Å². The highest BCUT2D eigenvalue weighted by Crippen LogP contribution is 2.49. The lowest BCUT2D eigenvalue weighted by Crippen LogP contribution is -1.86. The fraction of sp³-hybridized carbons (Fsp3) is 0.385. The molecule has 0 unspecified atom stereocenters. The Morgan fingerprint density at radius 3 is 0.900 bits per heavy atom. The van der Waals surface area contributed by atoms with Crippen molar-refractivity contribution in [3.63, 3.8) is 0 Å². The maximum atomic E-state index is 2.51. The van der Waals surface area contributed by atoms with E-state index in [0.717, 1.165) is 0 Å². The average molecular weight is 940 g/mol. The fourth-order valence-electron chi connectivity index (χ4n) is 8.01. The number of thiophene rings is 8. The molecular weight excluding hydrogens is 881 g/mol. The Morgan fingerprint density at radius 1 is 0.300 bits per heavy atom. The first kappa shape index (κ1) is 44.2. The van der Waals surface area contributed by atoms with Crippen molar-refractivity contribution in [3.8, 4) is 68.3 Å². The highest BCUT2D eigenvalue weighted by molar-refractivity contribution is 7.31. The zero-order chi connectivity index (χ0) is 40.9. The molecule has 0 saturated carbocycles. The smallest absolute Gasteiger partial charge is 0.0481 e. The van der Waals surface area contributed by atoms with Crippen LogP contribution >= 0.6 is 90.7 Å². The summed E-state index contributed by atoms with van der Waals surface area (Å²) in [6.07, 6.45) is 24.2. The van der Waals surface area contributed by atoms with E-state index in [1.807, 2.05) is 90.7 Å². The van der Waals surface area contributed by atoms with Crippen LogP contribution in [0, 0.1) is 0 Å². The molecule has 0 spiro atoms. The Hall–Kier alpha value is -2.40. The SMILES string of the molecule is CCCCCCCCCCc1cc(-c2ccc(-c3ccc(-c4ccc(-c5ccc(-c6cc(CCCCCCCCCC)c(-c7cccs7)s6)s5)s4)s3)s2)sc1-c1cccs1. The summed E-state index contributed by atoms with van der Waals surface area (Å²) >= 11 is 15.5. The van der Waals surface area contributed by atoms with E-state index >= 15 is 0 Å². The van der Waals surface area contributed by atoms with Crippen LogP contribution in [0.15, 0.2) is 95.7 Å². The number of hydrogen-bond donors (Lipinski definition) is 0. The molecule has 8 aromatic rings. The molecule has 8 rings (SSSR count). The van der Waals surface area contributed by atoms with Crippen molar-refractivity contribution in [2.24, 2.45) is 0 Å². The van der Waals surface area contributed by atoms with Crippen molar-refractivity contribution in [3.05, 3.63) is 107 Å². The summed E-state index contributed by atoms with van der Waals surface area (Å²) in [5.74, 6) is 0. The monoisotopic (exact) mass is 938 g/mol. The molecule has 60 heavy (non-hydrogen) atoms. The highest BCUT2D eigenvalue weighted by atomic mass is 32.1. The molecule has 0 aliphatic heterocycles. The van der Waals surface area contributed by atoms with Gasteiger partial charge < -0.3 is 0 Å². The molecule has 0 aliphatic carbocycles. The van der Waals surface area contributed by atoms with Crippen LogP contribution in [0.5, 0.6) is 0 Å². The van der Waals surface area contributed by atoms with E-state index in [1.54, 1.807) is 11.1 Å². The van der Waals surface area contributed by atoms with E-state index in [1.165, 1.54) is 184 Å². The van der Waals surface area contributed by atoms with Crippen molar-refractivity contribution < 1.29 is 0 Å². The minimum absolute atomic E-state index is 1.19. The van der Waals surface area contributed by atoms with Crippen LogP contribution in [0.3, 0.4) is 0 Å². The summed E-state index contributed by atoms with van der Waals surface area (Å²) in [5.41, 5.74) is 3.08. The summed E-state index contributed by atoms with van der Waals surface area (Å²) in [7, 11) is 0. The zero-order valence-corrected chi connectivity index (χ0v) is 41.8. The number of aryl methyl sites for hydroxylation is 2. The van der Waals surface area contributed by atoms with Gasteiger partial charge in [0.2, 0.25) is 0 Å². The molecule has 0 nitrogen and oxygen atoms in total. The van der Waals surface area contributed by atoms with E-state index in [4.69, 9.17) is 0 Å². The predicted molar refractivity (Wildman–Crippen MR) is 280 cm³/mol. The number of hydrogen-bond acceptors (Lipinski definition) is 8. The first-order valence-electron chi connectivity index (χ1n) is 22.4. The third-order valence-electron chi connectivity index (χ3n) is 11.3. The maximum absolute atomic E-state index is 2.51. The quantitative estimate of drug-likeness (QED) is 0.0501. The van der Waals surface area contributed by atoms with E-state index in [9.17, 15) is 0 Å². The predicted octanol–water partition coefficient (Wildman–Crippen LogP) is 21.2. The number of rotatable bonds is 25. The van der Waals surface area contributed by atoms with Gasteiger partial charge in [0.05, 0.1) is 0 Å². The normalized spacial score (nSPS) is 11.7. The molecule has 0 saturated heterocycles. The van der Waals surface area contributed by atoms with Gasteiger partial charge in [-0.1, -0.05) is 116 Å². The summed E-state index contributed by atoms with van der Waals surface area (Å²) in [6.45, 7) is 4.60. The second kappa shape index (κ2) is 22.8. The third kappa shape index (κ3) is 11.6. The molecular formula is C52H58S8. The largest absolute Gasteiger partial charge is 0.143 e. The van der Waals surface area contributed by atoms with Crippen molar-refractivity contribution in [1.82, 2.24) is 0 Å². The fourth-order valence-corrected chi connectivity index (χ4v) is 16.7. The van der Waals surface area contributed by atoms with Crippen molar-refractivity contribution in [2.75, 3.05) is 0 Å². The van der Waals surface area contributed by atoms with Gasteiger partial charge >= 0.3 is 0 Å². The Labute approximate surface area is 391 Å². The molecule has 8 heteroatoms. The Morgan fingerprint density at radius 2 is 0.600 bits per heavy atom. The molecule has 8 aromatic heterocycles. The van der Waals surface area contributed by atoms with Crippen LogP contribution in [0.25, 0.3) is 68.3 Å². The Bertz CT molecular complexity index is 2260. The first-order chi connectivity index (χ1) is 29.7. The lowest BCUT2D eigenvalue weighted by atomic mass is 10.0. The summed E-state index contributed by atoms with van der Waals surface area (Å²) in [4.78, 5) is 19.6. The van der Waals surface area contributed by atoms with Crippen LogP contribution in [-0.4, -0.2) is 0 Å². The van der Waals surface area contributed by atoms with Crippen LogP contribution in [0.1, 0.15) is 128 Å². The van der Waals surface area contributed by atoms with Crippen LogP contribution in [-0.2, 0) is 12.8 Å². The molecule has 314 valence electrons. The summed E-state index contributed by atoms with van der Waals surface area (Å²) < 4.78 is 0. The van der Waals surface area contributed by atoms with Gasteiger partial charge in [-0.2, -0.15) is 0 Å². The Kier molecular flexibility index (Phi) is 16.8. The molecule has 0 aromatic carbocycles. The van der Waals surface area contributed by atoms with E-state index in [0.29, 0.717) is 0 Å². The lowest BCUT2D eigenvalue weighted by molar-refractivity contribution is 0.576. The summed E-state index contributed by atoms with van der Waals surface area (Å²) in [6, 6.07) is 32.8. The minimum atomic E-state index is 1.19. The molecule has 8 heterocycles. The van der Waals surface area contributed by atoms with Gasteiger partial charge in [0.15, 0.2) is 0 Å². The van der Waals surface area contributed by atoms with E-state index in [2.05, 4.69) is 110 Å². The van der Waals surface area contributed by atoms with Crippen LogP contribution in [0.4, 0.5) is 0 Å². The molecule has 0 atom stereocenters. The highest BCUT2D eigenvalue weighted by Gasteiger charge is 2.18. The second-order valence-corrected chi connectivity index (χ2v) is 24.3. The first-order valence-corrected chi connectivity index (χ1v) is 29.1. The van der Waals surface area contributed by atoms with Crippen molar-refractivity contribution in [2.45, 2.75) is 129 Å². The van der Waals surface area contributed by atoms with Crippen LogP contribution in [0.2, 0.25) is 0 Å². The molecule has 0 radical (unpaired) electrons. The van der Waals surface area contributed by atoms with Gasteiger partial charge in [0.25, 0.3) is 0 Å². The average Bonchev–Trinajstić information content (AvgIpc) is 4.12. The minimum Gasteiger partial charge on any atom is -0.143 e. The van der Waals surface area contributed by atoms with Crippen LogP contribution < -0.4 is 0 Å².